The van der Waals surface area contributed by atoms with Gasteiger partial charge < -0.3 is 10.2 Å². The van der Waals surface area contributed by atoms with E-state index in [0.717, 1.165) is 31.6 Å². The second-order valence-corrected chi connectivity index (χ2v) is 6.45. The van der Waals surface area contributed by atoms with Gasteiger partial charge in [-0.1, -0.05) is 45.9 Å². The van der Waals surface area contributed by atoms with Crippen LogP contribution in [0.4, 0.5) is 11.5 Å². The molecule has 2 aromatic rings. The zero-order valence-corrected chi connectivity index (χ0v) is 15.6. The van der Waals surface area contributed by atoms with Crippen LogP contribution < -0.4 is 5.32 Å². The third-order valence-corrected chi connectivity index (χ3v) is 3.99. The predicted molar refractivity (Wildman–Crippen MR) is 102 cm³/mol. The van der Waals surface area contributed by atoms with Gasteiger partial charge in [0, 0.05) is 18.8 Å². The molecule has 134 valence electrons. The molecule has 0 aliphatic heterocycles. The van der Waals surface area contributed by atoms with Gasteiger partial charge >= 0.3 is 0 Å². The molecule has 0 fully saturated rings. The quantitative estimate of drug-likeness (QED) is 0.762. The molecule has 1 heterocycles. The van der Waals surface area contributed by atoms with Crippen LogP contribution in [0, 0.1) is 0 Å². The molecule has 0 saturated carbocycles. The van der Waals surface area contributed by atoms with Crippen molar-refractivity contribution in [2.75, 3.05) is 18.4 Å². The third-order valence-electron chi connectivity index (χ3n) is 3.99. The second kappa shape index (κ2) is 9.16. The van der Waals surface area contributed by atoms with Crippen LogP contribution >= 0.6 is 0 Å². The Labute approximate surface area is 150 Å². The Balaban J connectivity index is 2.13. The van der Waals surface area contributed by atoms with E-state index in [1.807, 2.05) is 23.1 Å². The van der Waals surface area contributed by atoms with Crippen molar-refractivity contribution in [2.45, 2.75) is 46.5 Å². The summed E-state index contributed by atoms with van der Waals surface area (Å²) in [5, 5.41) is 3.30. The van der Waals surface area contributed by atoms with E-state index in [1.165, 1.54) is 5.56 Å². The monoisotopic (exact) mass is 340 g/mol. The fourth-order valence-electron chi connectivity index (χ4n) is 2.77. The number of amides is 1. The van der Waals surface area contributed by atoms with E-state index in [-0.39, 0.29) is 5.91 Å². The van der Waals surface area contributed by atoms with Crippen LogP contribution in [0.5, 0.6) is 0 Å². The number of nitrogens with one attached hydrogen (secondary N) is 1. The third kappa shape index (κ3) is 5.02. The van der Waals surface area contributed by atoms with E-state index < -0.39 is 0 Å². The standard InChI is InChI=1S/C20H28N4O/c1-5-11-24(12-6-2)20(25)18-13-22-19(14-21-18)23-17-10-8-7-9-16(17)15(3)4/h7-10,13-15H,5-6,11-12H2,1-4H3,(H,22,23). The van der Waals surface area contributed by atoms with Gasteiger partial charge in [-0.05, 0) is 30.4 Å². The number of hydrogen-bond donors (Lipinski definition) is 1. The molecule has 25 heavy (non-hydrogen) atoms. The number of carbonyl (C=O) groups excluding carboxylic acids is 1. The van der Waals surface area contributed by atoms with Gasteiger partial charge in [0.25, 0.3) is 5.91 Å². The highest BCUT2D eigenvalue weighted by Gasteiger charge is 2.16. The highest BCUT2D eigenvalue weighted by molar-refractivity contribution is 5.92. The summed E-state index contributed by atoms with van der Waals surface area (Å²) in [4.78, 5) is 23.1. The maximum absolute atomic E-state index is 12.5. The average molecular weight is 340 g/mol. The smallest absolute Gasteiger partial charge is 0.274 e. The summed E-state index contributed by atoms with van der Waals surface area (Å²) in [5.41, 5.74) is 2.63. The van der Waals surface area contributed by atoms with E-state index in [2.05, 4.69) is 49.0 Å². The molecule has 1 amide bonds. The number of carbonyl (C=O) groups is 1. The van der Waals surface area contributed by atoms with Gasteiger partial charge in [0.15, 0.2) is 0 Å². The molecule has 0 bridgehead atoms. The minimum atomic E-state index is -0.0506. The van der Waals surface area contributed by atoms with Crippen molar-refractivity contribution < 1.29 is 4.79 Å². The molecule has 1 N–H and O–H groups in total. The summed E-state index contributed by atoms with van der Waals surface area (Å²) in [7, 11) is 0. The largest absolute Gasteiger partial charge is 0.339 e. The van der Waals surface area contributed by atoms with E-state index in [4.69, 9.17) is 0 Å². The fourth-order valence-corrected chi connectivity index (χ4v) is 2.77. The number of rotatable bonds is 8. The number of para-hydroxylation sites is 1. The van der Waals surface area contributed by atoms with Crippen LogP contribution in [0.1, 0.15) is 62.5 Å². The molecule has 0 aliphatic rings. The zero-order valence-electron chi connectivity index (χ0n) is 15.6. The summed E-state index contributed by atoms with van der Waals surface area (Å²) in [6.45, 7) is 9.95. The Morgan fingerprint density at radius 1 is 1.08 bits per heavy atom. The van der Waals surface area contributed by atoms with Crippen molar-refractivity contribution in [3.8, 4) is 0 Å². The van der Waals surface area contributed by atoms with E-state index in [0.29, 0.717) is 17.4 Å². The maximum atomic E-state index is 12.5. The first-order chi connectivity index (χ1) is 12.1. The molecule has 0 saturated heterocycles. The number of benzene rings is 1. The van der Waals surface area contributed by atoms with E-state index in [9.17, 15) is 4.79 Å². The molecule has 2 rings (SSSR count). The number of aromatic nitrogens is 2. The summed E-state index contributed by atoms with van der Waals surface area (Å²) < 4.78 is 0. The van der Waals surface area contributed by atoms with Gasteiger partial charge in [-0.3, -0.25) is 4.79 Å². The maximum Gasteiger partial charge on any atom is 0.274 e. The van der Waals surface area contributed by atoms with Crippen LogP contribution in [-0.2, 0) is 0 Å². The lowest BCUT2D eigenvalue weighted by Gasteiger charge is -2.20. The van der Waals surface area contributed by atoms with Gasteiger partial charge in [-0.2, -0.15) is 0 Å². The summed E-state index contributed by atoms with van der Waals surface area (Å²) in [6, 6.07) is 8.16. The molecular weight excluding hydrogens is 312 g/mol. The molecule has 5 heteroatoms. The van der Waals surface area contributed by atoms with Crippen molar-refractivity contribution in [3.63, 3.8) is 0 Å². The van der Waals surface area contributed by atoms with Gasteiger partial charge in [0.05, 0.1) is 12.4 Å². The Kier molecular flexibility index (Phi) is 6.92. The van der Waals surface area contributed by atoms with Crippen LogP contribution in [0.3, 0.4) is 0 Å². The summed E-state index contributed by atoms with van der Waals surface area (Å²) >= 11 is 0. The van der Waals surface area contributed by atoms with Crippen LogP contribution in [-0.4, -0.2) is 33.9 Å². The number of hydrogen-bond acceptors (Lipinski definition) is 4. The summed E-state index contributed by atoms with van der Waals surface area (Å²) in [6.07, 6.45) is 5.05. The normalized spacial score (nSPS) is 10.8. The van der Waals surface area contributed by atoms with Crippen molar-refractivity contribution in [2.24, 2.45) is 0 Å². The highest BCUT2D eigenvalue weighted by atomic mass is 16.2. The molecule has 0 aliphatic carbocycles. The summed E-state index contributed by atoms with van der Waals surface area (Å²) in [5.74, 6) is 1.00. The Morgan fingerprint density at radius 2 is 1.76 bits per heavy atom. The van der Waals surface area contributed by atoms with E-state index in [1.54, 1.807) is 12.4 Å². The van der Waals surface area contributed by atoms with Crippen molar-refractivity contribution in [1.82, 2.24) is 14.9 Å². The van der Waals surface area contributed by atoms with Gasteiger partial charge in [0.1, 0.15) is 11.5 Å². The van der Waals surface area contributed by atoms with Gasteiger partial charge in [-0.15, -0.1) is 0 Å². The van der Waals surface area contributed by atoms with Crippen LogP contribution in [0.15, 0.2) is 36.7 Å². The number of nitrogens with zero attached hydrogens (tertiary/aromatic N) is 3. The molecule has 0 radical (unpaired) electrons. The first kappa shape index (κ1) is 18.9. The lowest BCUT2D eigenvalue weighted by atomic mass is 10.0. The lowest BCUT2D eigenvalue weighted by Crippen LogP contribution is -2.33. The lowest BCUT2D eigenvalue weighted by molar-refractivity contribution is 0.0749. The van der Waals surface area contributed by atoms with Crippen molar-refractivity contribution >= 4 is 17.4 Å². The fraction of sp³-hybridized carbons (Fsp3) is 0.450. The zero-order chi connectivity index (χ0) is 18.2. The molecule has 0 atom stereocenters. The second-order valence-electron chi connectivity index (χ2n) is 6.45. The van der Waals surface area contributed by atoms with Crippen molar-refractivity contribution in [3.05, 3.63) is 47.9 Å². The predicted octanol–water partition coefficient (Wildman–Crippen LogP) is 4.61. The Morgan fingerprint density at radius 3 is 2.32 bits per heavy atom. The molecule has 1 aromatic carbocycles. The van der Waals surface area contributed by atoms with Gasteiger partial charge in [0.2, 0.25) is 0 Å². The SMILES string of the molecule is CCCN(CCC)C(=O)c1cnc(Nc2ccccc2C(C)C)cn1. The molecule has 5 nitrogen and oxygen atoms in total. The van der Waals surface area contributed by atoms with Crippen LogP contribution in [0.2, 0.25) is 0 Å². The topological polar surface area (TPSA) is 58.1 Å². The van der Waals surface area contributed by atoms with Crippen LogP contribution in [0.25, 0.3) is 0 Å². The molecule has 0 unspecified atom stereocenters. The Hall–Kier alpha value is -2.43. The van der Waals surface area contributed by atoms with Gasteiger partial charge in [-0.25, -0.2) is 9.97 Å². The first-order valence-corrected chi connectivity index (χ1v) is 9.04. The highest BCUT2D eigenvalue weighted by Crippen LogP contribution is 2.25. The molecular formula is C20H28N4O. The first-order valence-electron chi connectivity index (χ1n) is 9.04. The van der Waals surface area contributed by atoms with E-state index >= 15 is 0 Å². The number of anilines is 2. The molecule has 0 spiro atoms. The average Bonchev–Trinajstić information content (AvgIpc) is 2.62. The Bertz CT molecular complexity index is 676. The minimum Gasteiger partial charge on any atom is -0.339 e. The van der Waals surface area contributed by atoms with Crippen molar-refractivity contribution in [1.29, 1.82) is 0 Å². The minimum absolute atomic E-state index is 0.0506. The molecule has 1 aromatic heterocycles.